The van der Waals surface area contributed by atoms with E-state index in [2.05, 4.69) is 21.3 Å². The van der Waals surface area contributed by atoms with Gasteiger partial charge in [0.25, 0.3) is 0 Å². The Hall–Kier alpha value is -0.505. The molecule has 28 heavy (non-hydrogen) atoms. The van der Waals surface area contributed by atoms with E-state index in [1.165, 1.54) is 0 Å². The summed E-state index contributed by atoms with van der Waals surface area (Å²) in [6.45, 7) is 1.77. The van der Waals surface area contributed by atoms with Crippen molar-refractivity contribution in [3.05, 3.63) is 0 Å². The molecule has 10 N–H and O–H groups in total. The zero-order chi connectivity index (χ0) is 21.5. The molecule has 0 amide bonds. The number of aliphatic hydroxyl groups excluding tert-OH is 1. The molecule has 1 heterocycles. The van der Waals surface area contributed by atoms with Crippen molar-refractivity contribution < 1.29 is 70.7 Å². The van der Waals surface area contributed by atoms with Crippen molar-refractivity contribution in [1.82, 2.24) is 21.3 Å². The van der Waals surface area contributed by atoms with Crippen molar-refractivity contribution in [2.24, 2.45) is 5.73 Å². The summed E-state index contributed by atoms with van der Waals surface area (Å²) in [5, 5.41) is 47.6. The van der Waals surface area contributed by atoms with Crippen LogP contribution in [-0.2, 0) is 9.59 Å². The Morgan fingerprint density at radius 2 is 1.54 bits per heavy atom. The van der Waals surface area contributed by atoms with E-state index in [-0.39, 0.29) is 25.7 Å². The predicted octanol–water partition coefficient (Wildman–Crippen LogP) is -2.86. The van der Waals surface area contributed by atoms with Gasteiger partial charge in [-0.3, -0.25) is 9.59 Å². The standard InChI is InChI=1S/C13H27N5O5.CHO2.CH3.Gd/c14-4-9(19)3-8-5-17-11(13(22)23)7-18-10(12(20)21)6-15-1-2-16-8;2-1-3;;/h8-11,15-19H,1-7,14H2,(H,20,21)(H,22,23);(H,2,3);1H3;. The minimum atomic E-state index is -1.07. The van der Waals surface area contributed by atoms with E-state index in [0.717, 1.165) is 0 Å². The van der Waals surface area contributed by atoms with E-state index < -0.39 is 67.8 Å². The van der Waals surface area contributed by atoms with Crippen molar-refractivity contribution >= 4 is 13.7 Å². The number of carboxylic acid groups (broad SMARTS) is 3. The summed E-state index contributed by atoms with van der Waals surface area (Å²) in [4.78, 5) is 31.8. The average Bonchev–Trinajstić information content (AvgIpc) is 2.63. The summed E-state index contributed by atoms with van der Waals surface area (Å²) in [7, 11) is 0. The molecule has 0 radical (unpaired) electrons. The quantitative estimate of drug-likeness (QED) is 0.164. The SMILES string of the molecule is NCC(O)CC1CNC(C(=O)O)CNC(C(=O)O)CNCCN1.[CH3][Gd][C](=O)O. The van der Waals surface area contributed by atoms with Gasteiger partial charge in [0, 0.05) is 45.3 Å². The molecule has 12 nitrogen and oxygen atoms in total. The van der Waals surface area contributed by atoms with Crippen LogP contribution in [-0.4, -0.2) is 97.6 Å². The maximum absolute atomic E-state index is 11.3. The normalized spacial score (nSPS) is 25.3. The first-order valence-electron chi connectivity index (χ1n) is 8.64. The van der Waals surface area contributed by atoms with E-state index in [1.807, 2.05) is 0 Å². The van der Waals surface area contributed by atoms with E-state index in [1.54, 1.807) is 2.70 Å². The van der Waals surface area contributed by atoms with Gasteiger partial charge >= 0.3 is 62.2 Å². The van der Waals surface area contributed by atoms with E-state index >= 15 is 0 Å². The van der Waals surface area contributed by atoms with Crippen molar-refractivity contribution in [3.63, 3.8) is 0 Å². The second-order valence-electron chi connectivity index (χ2n) is 6.00. The number of nitrogens with two attached hydrogens (primary N) is 1. The van der Waals surface area contributed by atoms with Crippen molar-refractivity contribution in [2.45, 2.75) is 33.4 Å². The van der Waals surface area contributed by atoms with Gasteiger partial charge in [-0.1, -0.05) is 0 Å². The summed E-state index contributed by atoms with van der Waals surface area (Å²) >= 11 is -0.735. The molecule has 1 aliphatic heterocycles. The zero-order valence-electron chi connectivity index (χ0n) is 15.7. The van der Waals surface area contributed by atoms with Gasteiger partial charge in [-0.05, 0) is 6.42 Å². The first-order valence-corrected chi connectivity index (χ1v) is 12.0. The van der Waals surface area contributed by atoms with Gasteiger partial charge in [-0.15, -0.1) is 0 Å². The van der Waals surface area contributed by atoms with E-state index in [9.17, 15) is 24.6 Å². The fourth-order valence-electron chi connectivity index (χ4n) is 2.31. The number of aliphatic hydroxyl groups is 1. The van der Waals surface area contributed by atoms with Crippen LogP contribution in [0.2, 0.25) is 2.70 Å². The van der Waals surface area contributed by atoms with Crippen LogP contribution in [0.4, 0.5) is 4.79 Å². The Balaban J connectivity index is 0.00000129. The molecule has 0 spiro atoms. The molecule has 1 fully saturated rings. The Morgan fingerprint density at radius 1 is 1.00 bits per heavy atom. The molecule has 1 aliphatic rings. The Kier molecular flexibility index (Phi) is 16.0. The molecule has 4 unspecified atom stereocenters. The summed E-state index contributed by atoms with van der Waals surface area (Å²) in [6, 6.07) is -1.91. The van der Waals surface area contributed by atoms with Gasteiger partial charge in [0.2, 0.25) is 0 Å². The minimum absolute atomic E-state index is 0.0137. The van der Waals surface area contributed by atoms with Gasteiger partial charge in [0.05, 0.1) is 6.10 Å². The second-order valence-corrected chi connectivity index (χ2v) is 8.10. The third-order valence-corrected chi connectivity index (χ3v) is 4.81. The average molecular weight is 551 g/mol. The fraction of sp³-hybridized carbons (Fsp3) is 0.800. The Bertz CT molecular complexity index is 486. The van der Waals surface area contributed by atoms with E-state index in [0.29, 0.717) is 26.1 Å². The van der Waals surface area contributed by atoms with Gasteiger partial charge in [-0.25, -0.2) is 0 Å². The van der Waals surface area contributed by atoms with E-state index in [4.69, 9.17) is 15.9 Å². The summed E-state index contributed by atoms with van der Waals surface area (Å²) < 4.78 is 1.13. The molecule has 0 aliphatic carbocycles. The third-order valence-electron chi connectivity index (χ3n) is 3.84. The number of rotatable bonds is 6. The fourth-order valence-corrected chi connectivity index (χ4v) is 2.31. The van der Waals surface area contributed by atoms with Crippen LogP contribution < -0.4 is 27.0 Å². The maximum atomic E-state index is 11.3. The number of hydrogen-bond acceptors (Lipinski definition) is 9. The monoisotopic (exact) mass is 551 g/mol. The van der Waals surface area contributed by atoms with Crippen LogP contribution >= 0.6 is 0 Å². The van der Waals surface area contributed by atoms with Crippen molar-refractivity contribution in [3.8, 4) is 0 Å². The molecule has 0 aromatic heterocycles. The molecule has 0 bridgehead atoms. The first-order chi connectivity index (χ1) is 13.2. The van der Waals surface area contributed by atoms with Gasteiger partial charge in [0.1, 0.15) is 12.1 Å². The van der Waals surface area contributed by atoms with Crippen LogP contribution in [0.3, 0.4) is 0 Å². The molecule has 0 aromatic carbocycles. The van der Waals surface area contributed by atoms with Crippen molar-refractivity contribution in [1.29, 1.82) is 0 Å². The molecule has 166 valence electrons. The van der Waals surface area contributed by atoms with Crippen LogP contribution in [0.15, 0.2) is 0 Å². The number of hydrogen-bond donors (Lipinski definition) is 9. The van der Waals surface area contributed by atoms with Crippen molar-refractivity contribution in [2.75, 3.05) is 39.3 Å². The molecule has 13 heteroatoms. The zero-order valence-corrected chi connectivity index (χ0v) is 18.0. The van der Waals surface area contributed by atoms with Crippen LogP contribution in [0, 0.1) is 35.9 Å². The third kappa shape index (κ3) is 13.6. The van der Waals surface area contributed by atoms with Crippen LogP contribution in [0.25, 0.3) is 0 Å². The molecular formula is C15H31GdN5O7. The summed E-state index contributed by atoms with van der Waals surface area (Å²) in [5.41, 5.74) is 5.41. The van der Waals surface area contributed by atoms with Gasteiger partial charge < -0.3 is 42.3 Å². The molecular weight excluding hydrogens is 519 g/mol. The number of nitrogens with one attached hydrogen (secondary N) is 4. The number of aliphatic carboxylic acids is 2. The molecule has 0 saturated carbocycles. The molecule has 1 rings (SSSR count). The van der Waals surface area contributed by atoms with Gasteiger partial charge in [-0.2, -0.15) is 0 Å². The predicted molar refractivity (Wildman–Crippen MR) is 97.1 cm³/mol. The summed E-state index contributed by atoms with van der Waals surface area (Å²) in [6.07, 6.45) is -0.256. The van der Waals surface area contributed by atoms with Gasteiger partial charge in [0.15, 0.2) is 0 Å². The molecule has 1 saturated heterocycles. The number of carboxylic acids is 2. The van der Waals surface area contributed by atoms with Crippen LogP contribution in [0.1, 0.15) is 6.42 Å². The Morgan fingerprint density at radius 3 is 2.04 bits per heavy atom. The first kappa shape index (κ1) is 27.5. The molecule has 4 atom stereocenters. The Labute approximate surface area is 183 Å². The molecule has 0 aromatic rings. The second kappa shape index (κ2) is 16.3. The summed E-state index contributed by atoms with van der Waals surface area (Å²) in [5.74, 6) is -2.10. The number of carbonyl (C=O) groups is 3. The van der Waals surface area contributed by atoms with Crippen LogP contribution in [0.5, 0.6) is 0 Å². The topological polar surface area (TPSA) is 206 Å².